The van der Waals surface area contributed by atoms with Gasteiger partial charge >= 0.3 is 6.09 Å². The second kappa shape index (κ2) is 8.39. The van der Waals surface area contributed by atoms with Crippen LogP contribution in [0.2, 0.25) is 0 Å². The van der Waals surface area contributed by atoms with Crippen molar-refractivity contribution in [2.45, 2.75) is 6.61 Å². The van der Waals surface area contributed by atoms with Crippen LogP contribution in [0.1, 0.15) is 5.56 Å². The third-order valence-corrected chi connectivity index (χ3v) is 4.81. The van der Waals surface area contributed by atoms with Crippen LogP contribution >= 0.6 is 15.9 Å². The molecule has 0 aliphatic rings. The first-order valence-electron chi connectivity index (χ1n) is 8.14. The van der Waals surface area contributed by atoms with Crippen LogP contribution in [0.25, 0.3) is 11.3 Å². The van der Waals surface area contributed by atoms with E-state index in [1.54, 1.807) is 31.3 Å². The van der Waals surface area contributed by atoms with Crippen molar-refractivity contribution in [1.29, 1.82) is 0 Å². The van der Waals surface area contributed by atoms with E-state index in [4.69, 9.17) is 4.74 Å². The van der Waals surface area contributed by atoms with Crippen LogP contribution in [-0.4, -0.2) is 23.0 Å². The van der Waals surface area contributed by atoms with E-state index < -0.39 is 17.7 Å². The fraction of sp³-hybridized carbons (Fsp3) is 0.158. The van der Waals surface area contributed by atoms with Crippen LogP contribution in [-0.2, 0) is 18.4 Å². The van der Waals surface area contributed by atoms with Gasteiger partial charge in [0, 0.05) is 18.2 Å². The number of halogens is 3. The van der Waals surface area contributed by atoms with E-state index in [0.717, 1.165) is 6.07 Å². The van der Waals surface area contributed by atoms with Crippen molar-refractivity contribution in [2.75, 3.05) is 12.4 Å². The van der Waals surface area contributed by atoms with Gasteiger partial charge in [-0.15, -0.1) is 0 Å². The SMILES string of the molecule is COC(=O)Nc1ccccc1COc1ccc(-c2nn(C)c(Br)c2F)cc1F. The molecule has 0 saturated heterocycles. The zero-order valence-electron chi connectivity index (χ0n) is 15.0. The van der Waals surface area contributed by atoms with E-state index >= 15 is 0 Å². The molecule has 0 atom stereocenters. The van der Waals surface area contributed by atoms with Gasteiger partial charge in [-0.1, -0.05) is 18.2 Å². The number of nitrogens with one attached hydrogen (secondary N) is 1. The lowest BCUT2D eigenvalue weighted by atomic mass is 10.1. The molecule has 0 spiro atoms. The molecule has 3 aromatic rings. The molecule has 0 fully saturated rings. The summed E-state index contributed by atoms with van der Waals surface area (Å²) < 4.78 is 40.2. The van der Waals surface area contributed by atoms with Gasteiger partial charge in [-0.2, -0.15) is 5.10 Å². The molecule has 0 aliphatic carbocycles. The smallest absolute Gasteiger partial charge is 0.411 e. The molecular formula is C19H16BrF2N3O3. The van der Waals surface area contributed by atoms with Crippen molar-refractivity contribution in [3.05, 3.63) is 64.3 Å². The molecule has 0 aliphatic heterocycles. The Morgan fingerprint density at radius 2 is 2.00 bits per heavy atom. The van der Waals surface area contributed by atoms with Gasteiger partial charge in [0.2, 0.25) is 0 Å². The fourth-order valence-electron chi connectivity index (χ4n) is 2.51. The minimum absolute atomic E-state index is 0.00738. The number of methoxy groups -OCH3 is 1. The van der Waals surface area contributed by atoms with Crippen molar-refractivity contribution < 1.29 is 23.0 Å². The Balaban J connectivity index is 1.78. The van der Waals surface area contributed by atoms with E-state index in [0.29, 0.717) is 11.3 Å². The lowest BCUT2D eigenvalue weighted by molar-refractivity contribution is 0.187. The van der Waals surface area contributed by atoms with E-state index in [1.807, 2.05) is 0 Å². The molecule has 1 aromatic heterocycles. The van der Waals surface area contributed by atoms with E-state index in [1.165, 1.54) is 23.9 Å². The predicted molar refractivity (Wildman–Crippen MR) is 103 cm³/mol. The number of amides is 1. The minimum atomic E-state index is -0.655. The number of carbonyl (C=O) groups is 1. The van der Waals surface area contributed by atoms with Crippen molar-refractivity contribution in [3.8, 4) is 17.0 Å². The van der Waals surface area contributed by atoms with E-state index in [2.05, 4.69) is 31.1 Å². The Labute approximate surface area is 168 Å². The van der Waals surface area contributed by atoms with Crippen LogP contribution in [0.15, 0.2) is 47.1 Å². The number of nitrogens with zero attached hydrogens (tertiary/aromatic N) is 2. The zero-order valence-corrected chi connectivity index (χ0v) is 16.6. The number of carbonyl (C=O) groups excluding carboxylic acids is 1. The van der Waals surface area contributed by atoms with Crippen LogP contribution < -0.4 is 10.1 Å². The Bertz CT molecular complexity index is 1020. The van der Waals surface area contributed by atoms with Crippen LogP contribution in [0.4, 0.5) is 19.3 Å². The van der Waals surface area contributed by atoms with Crippen molar-refractivity contribution in [3.63, 3.8) is 0 Å². The highest BCUT2D eigenvalue weighted by molar-refractivity contribution is 9.10. The number of aromatic nitrogens is 2. The largest absolute Gasteiger partial charge is 0.486 e. The summed E-state index contributed by atoms with van der Waals surface area (Å²) >= 11 is 3.08. The lowest BCUT2D eigenvalue weighted by Gasteiger charge is -2.12. The third-order valence-electron chi connectivity index (χ3n) is 3.95. The number of hydrogen-bond donors (Lipinski definition) is 1. The topological polar surface area (TPSA) is 65.4 Å². The van der Waals surface area contributed by atoms with Crippen molar-refractivity contribution >= 4 is 27.7 Å². The summed E-state index contributed by atoms with van der Waals surface area (Å²) in [5, 5.41) is 6.59. The molecule has 3 rings (SSSR count). The summed E-state index contributed by atoms with van der Waals surface area (Å²) in [5.74, 6) is -1.23. The molecule has 28 heavy (non-hydrogen) atoms. The summed E-state index contributed by atoms with van der Waals surface area (Å²) in [6.07, 6.45) is -0.619. The zero-order chi connectivity index (χ0) is 20.3. The molecule has 0 saturated carbocycles. The predicted octanol–water partition coefficient (Wildman–Crippen LogP) is 4.89. The Morgan fingerprint density at radius 3 is 2.64 bits per heavy atom. The Morgan fingerprint density at radius 1 is 1.25 bits per heavy atom. The molecule has 6 nitrogen and oxygen atoms in total. The van der Waals surface area contributed by atoms with Gasteiger partial charge in [0.1, 0.15) is 16.9 Å². The standard InChI is InChI=1S/C19H16BrF2N3O3/c1-25-18(20)16(22)17(24-25)11-7-8-15(13(21)9-11)28-10-12-5-3-4-6-14(12)23-19(26)27-2/h3-9H,10H2,1-2H3,(H,23,26). The maximum atomic E-state index is 14.5. The number of hydrogen-bond acceptors (Lipinski definition) is 4. The normalized spacial score (nSPS) is 10.6. The number of ether oxygens (including phenoxy) is 2. The van der Waals surface area contributed by atoms with Gasteiger partial charge in [0.25, 0.3) is 0 Å². The Hall–Kier alpha value is -2.94. The van der Waals surface area contributed by atoms with Gasteiger partial charge in [-0.05, 0) is 40.2 Å². The summed E-state index contributed by atoms with van der Waals surface area (Å²) in [5.41, 5.74) is 1.45. The van der Waals surface area contributed by atoms with Gasteiger partial charge in [-0.3, -0.25) is 10.00 Å². The first-order valence-corrected chi connectivity index (χ1v) is 8.93. The molecular weight excluding hydrogens is 436 g/mol. The van der Waals surface area contributed by atoms with Gasteiger partial charge in [0.15, 0.2) is 17.4 Å². The quantitative estimate of drug-likeness (QED) is 0.599. The maximum Gasteiger partial charge on any atom is 0.411 e. The summed E-state index contributed by atoms with van der Waals surface area (Å²) in [4.78, 5) is 11.4. The average Bonchev–Trinajstić information content (AvgIpc) is 2.95. The van der Waals surface area contributed by atoms with E-state index in [9.17, 15) is 13.6 Å². The summed E-state index contributed by atoms with van der Waals surface area (Å²) in [6.45, 7) is 0.0138. The lowest BCUT2D eigenvalue weighted by Crippen LogP contribution is -2.13. The minimum Gasteiger partial charge on any atom is -0.486 e. The second-order valence-electron chi connectivity index (χ2n) is 5.78. The van der Waals surface area contributed by atoms with Gasteiger partial charge < -0.3 is 9.47 Å². The summed E-state index contributed by atoms with van der Waals surface area (Å²) in [7, 11) is 2.83. The van der Waals surface area contributed by atoms with Gasteiger partial charge in [-0.25, -0.2) is 13.6 Å². The van der Waals surface area contributed by atoms with Crippen LogP contribution in [0, 0.1) is 11.6 Å². The monoisotopic (exact) mass is 451 g/mol. The number of rotatable bonds is 5. The fourth-order valence-corrected chi connectivity index (χ4v) is 2.78. The number of para-hydroxylation sites is 1. The maximum absolute atomic E-state index is 14.5. The van der Waals surface area contributed by atoms with Crippen molar-refractivity contribution in [2.24, 2.45) is 7.05 Å². The third kappa shape index (κ3) is 4.14. The highest BCUT2D eigenvalue weighted by atomic mass is 79.9. The average molecular weight is 452 g/mol. The molecule has 0 bridgehead atoms. The molecule has 2 aromatic carbocycles. The van der Waals surface area contributed by atoms with E-state index in [-0.39, 0.29) is 28.2 Å². The number of aryl methyl sites for hydroxylation is 1. The van der Waals surface area contributed by atoms with Crippen LogP contribution in [0.3, 0.4) is 0 Å². The Kier molecular flexibility index (Phi) is 5.93. The first kappa shape index (κ1) is 19.8. The molecule has 0 radical (unpaired) electrons. The highest BCUT2D eigenvalue weighted by Crippen LogP contribution is 2.30. The van der Waals surface area contributed by atoms with Crippen LogP contribution in [0.5, 0.6) is 5.75 Å². The summed E-state index contributed by atoms with van der Waals surface area (Å²) in [6, 6.07) is 11.0. The molecule has 1 heterocycles. The van der Waals surface area contributed by atoms with Gasteiger partial charge in [0.05, 0.1) is 12.8 Å². The second-order valence-corrected chi connectivity index (χ2v) is 6.54. The number of anilines is 1. The van der Waals surface area contributed by atoms with Crippen molar-refractivity contribution in [1.82, 2.24) is 9.78 Å². The first-order chi connectivity index (χ1) is 13.4. The molecule has 0 unspecified atom stereocenters. The molecule has 146 valence electrons. The molecule has 9 heteroatoms. The highest BCUT2D eigenvalue weighted by Gasteiger charge is 2.17. The molecule has 1 N–H and O–H groups in total. The number of benzene rings is 2. The molecule has 1 amide bonds.